The average Bonchev–Trinajstić information content (AvgIpc) is 2.38. The average molecular weight is 232 g/mol. The van der Waals surface area contributed by atoms with Gasteiger partial charge in [0, 0.05) is 18.4 Å². The highest BCUT2D eigenvalue weighted by Gasteiger charge is 2.24. The molecule has 0 saturated carbocycles. The van der Waals surface area contributed by atoms with Gasteiger partial charge in [0.15, 0.2) is 0 Å². The zero-order valence-corrected chi connectivity index (χ0v) is 10.00. The molecule has 0 radical (unpaired) electrons. The standard InChI is InChI=1S/C15H20O2/c16-10-4-7-13-8-9-14(11-15(13)17)12-5-2-1-3-6-12/h1-3,5-6,8-9,13-17H,4,7,10-11H2/t13-,14+,15?/m0/s1. The minimum atomic E-state index is -0.281. The molecular formula is C15H20O2. The van der Waals surface area contributed by atoms with Crippen molar-refractivity contribution in [2.24, 2.45) is 5.92 Å². The Balaban J connectivity index is 2.01. The van der Waals surface area contributed by atoms with Gasteiger partial charge in [-0.3, -0.25) is 0 Å². The largest absolute Gasteiger partial charge is 0.396 e. The predicted octanol–water partition coefficient (Wildman–Crippen LogP) is 2.48. The van der Waals surface area contributed by atoms with Crippen molar-refractivity contribution in [2.45, 2.75) is 31.3 Å². The maximum atomic E-state index is 10.1. The van der Waals surface area contributed by atoms with E-state index in [0.29, 0.717) is 5.92 Å². The molecule has 0 fully saturated rings. The van der Waals surface area contributed by atoms with Gasteiger partial charge in [0.05, 0.1) is 6.10 Å². The number of benzene rings is 1. The van der Waals surface area contributed by atoms with Gasteiger partial charge in [-0.15, -0.1) is 0 Å². The maximum absolute atomic E-state index is 10.1. The zero-order chi connectivity index (χ0) is 12.1. The Morgan fingerprint density at radius 2 is 1.88 bits per heavy atom. The highest BCUT2D eigenvalue weighted by atomic mass is 16.3. The molecule has 2 rings (SSSR count). The van der Waals surface area contributed by atoms with E-state index in [-0.39, 0.29) is 18.6 Å². The summed E-state index contributed by atoms with van der Waals surface area (Å²) < 4.78 is 0. The lowest BCUT2D eigenvalue weighted by Crippen LogP contribution is -2.25. The van der Waals surface area contributed by atoms with Crippen LogP contribution in [0, 0.1) is 5.92 Å². The minimum absolute atomic E-state index is 0.208. The van der Waals surface area contributed by atoms with Crippen LogP contribution in [0.5, 0.6) is 0 Å². The van der Waals surface area contributed by atoms with Gasteiger partial charge in [0.25, 0.3) is 0 Å². The summed E-state index contributed by atoms with van der Waals surface area (Å²) in [5.41, 5.74) is 1.27. The van der Waals surface area contributed by atoms with Crippen molar-refractivity contribution >= 4 is 0 Å². The summed E-state index contributed by atoms with van der Waals surface area (Å²) in [6, 6.07) is 10.3. The fourth-order valence-corrected chi connectivity index (χ4v) is 2.48. The monoisotopic (exact) mass is 232 g/mol. The first-order chi connectivity index (χ1) is 8.31. The summed E-state index contributed by atoms with van der Waals surface area (Å²) in [5, 5.41) is 18.9. The van der Waals surface area contributed by atoms with Crippen molar-refractivity contribution in [3.8, 4) is 0 Å². The molecule has 0 amide bonds. The van der Waals surface area contributed by atoms with Crippen LogP contribution < -0.4 is 0 Å². The van der Waals surface area contributed by atoms with Crippen LogP contribution in [-0.4, -0.2) is 22.9 Å². The molecule has 1 aromatic carbocycles. The molecule has 0 aliphatic heterocycles. The molecule has 0 heterocycles. The zero-order valence-electron chi connectivity index (χ0n) is 10.00. The van der Waals surface area contributed by atoms with Gasteiger partial charge < -0.3 is 10.2 Å². The third kappa shape index (κ3) is 3.18. The van der Waals surface area contributed by atoms with E-state index in [2.05, 4.69) is 24.3 Å². The normalized spacial score (nSPS) is 28.2. The first-order valence-corrected chi connectivity index (χ1v) is 6.33. The summed E-state index contributed by atoms with van der Waals surface area (Å²) in [5.74, 6) is 0.540. The second-order valence-electron chi connectivity index (χ2n) is 4.73. The van der Waals surface area contributed by atoms with Crippen molar-refractivity contribution in [1.29, 1.82) is 0 Å². The molecule has 2 nitrogen and oxygen atoms in total. The number of hydrogen-bond donors (Lipinski definition) is 2. The maximum Gasteiger partial charge on any atom is 0.0611 e. The van der Waals surface area contributed by atoms with E-state index in [1.54, 1.807) is 0 Å². The Labute approximate surface area is 103 Å². The second kappa shape index (κ2) is 5.99. The number of hydrogen-bond acceptors (Lipinski definition) is 2. The first-order valence-electron chi connectivity index (χ1n) is 6.33. The molecule has 3 atom stereocenters. The molecule has 1 aliphatic rings. The summed E-state index contributed by atoms with van der Waals surface area (Å²) in [6.45, 7) is 0.208. The molecule has 0 spiro atoms. The van der Waals surface area contributed by atoms with Crippen molar-refractivity contribution < 1.29 is 10.2 Å². The second-order valence-corrected chi connectivity index (χ2v) is 4.73. The number of aliphatic hydroxyl groups is 2. The van der Waals surface area contributed by atoms with E-state index >= 15 is 0 Å². The van der Waals surface area contributed by atoms with Gasteiger partial charge in [-0.1, -0.05) is 42.5 Å². The van der Waals surface area contributed by atoms with E-state index in [4.69, 9.17) is 5.11 Å². The number of allylic oxidation sites excluding steroid dienone is 1. The van der Waals surface area contributed by atoms with Crippen LogP contribution in [-0.2, 0) is 0 Å². The Bertz CT molecular complexity index is 358. The lowest BCUT2D eigenvalue weighted by atomic mass is 9.81. The van der Waals surface area contributed by atoms with Crippen LogP contribution in [0.15, 0.2) is 42.5 Å². The van der Waals surface area contributed by atoms with Gasteiger partial charge in [0.2, 0.25) is 0 Å². The third-order valence-electron chi connectivity index (χ3n) is 3.50. The molecule has 2 N–H and O–H groups in total. The van der Waals surface area contributed by atoms with Crippen LogP contribution in [0.1, 0.15) is 30.7 Å². The minimum Gasteiger partial charge on any atom is -0.396 e. The topological polar surface area (TPSA) is 40.5 Å². The smallest absolute Gasteiger partial charge is 0.0611 e. The van der Waals surface area contributed by atoms with E-state index in [0.717, 1.165) is 19.3 Å². The molecule has 2 heteroatoms. The number of rotatable bonds is 4. The molecule has 0 saturated heterocycles. The fourth-order valence-electron chi connectivity index (χ4n) is 2.48. The van der Waals surface area contributed by atoms with Crippen molar-refractivity contribution in [3.63, 3.8) is 0 Å². The highest BCUT2D eigenvalue weighted by Crippen LogP contribution is 2.32. The molecule has 1 unspecified atom stereocenters. The molecule has 17 heavy (non-hydrogen) atoms. The van der Waals surface area contributed by atoms with E-state index in [9.17, 15) is 5.11 Å². The molecule has 0 bridgehead atoms. The van der Waals surface area contributed by atoms with Crippen LogP contribution in [0.25, 0.3) is 0 Å². The molecule has 0 aromatic heterocycles. The van der Waals surface area contributed by atoms with Crippen LogP contribution in [0.4, 0.5) is 0 Å². The van der Waals surface area contributed by atoms with Gasteiger partial charge in [0.1, 0.15) is 0 Å². The third-order valence-corrected chi connectivity index (χ3v) is 3.50. The van der Waals surface area contributed by atoms with E-state index in [1.165, 1.54) is 5.56 Å². The van der Waals surface area contributed by atoms with Gasteiger partial charge in [-0.05, 0) is 24.8 Å². The lowest BCUT2D eigenvalue weighted by molar-refractivity contribution is 0.102. The Morgan fingerprint density at radius 1 is 1.12 bits per heavy atom. The van der Waals surface area contributed by atoms with Gasteiger partial charge in [-0.2, -0.15) is 0 Å². The highest BCUT2D eigenvalue weighted by molar-refractivity contribution is 5.25. The Morgan fingerprint density at radius 3 is 2.53 bits per heavy atom. The van der Waals surface area contributed by atoms with Crippen LogP contribution in [0.3, 0.4) is 0 Å². The fraction of sp³-hybridized carbons (Fsp3) is 0.467. The summed E-state index contributed by atoms with van der Waals surface area (Å²) in [7, 11) is 0. The van der Waals surface area contributed by atoms with Crippen molar-refractivity contribution in [2.75, 3.05) is 6.61 Å². The van der Waals surface area contributed by atoms with E-state index in [1.807, 2.05) is 18.2 Å². The summed E-state index contributed by atoms with van der Waals surface area (Å²) >= 11 is 0. The molecule has 1 aromatic rings. The summed E-state index contributed by atoms with van der Waals surface area (Å²) in [6.07, 6.45) is 6.46. The van der Waals surface area contributed by atoms with E-state index < -0.39 is 0 Å². The molecular weight excluding hydrogens is 212 g/mol. The Kier molecular flexibility index (Phi) is 4.35. The summed E-state index contributed by atoms with van der Waals surface area (Å²) in [4.78, 5) is 0. The quantitative estimate of drug-likeness (QED) is 0.783. The Hall–Kier alpha value is -1.12. The van der Waals surface area contributed by atoms with Crippen molar-refractivity contribution in [3.05, 3.63) is 48.0 Å². The number of aliphatic hydroxyl groups excluding tert-OH is 2. The lowest BCUT2D eigenvalue weighted by Gasteiger charge is -2.28. The SMILES string of the molecule is OCCC[C@H]1C=C[C@@H](c2ccccc2)CC1O. The first kappa shape index (κ1) is 12.3. The molecule has 92 valence electrons. The molecule has 1 aliphatic carbocycles. The van der Waals surface area contributed by atoms with Crippen LogP contribution in [0.2, 0.25) is 0 Å². The van der Waals surface area contributed by atoms with Crippen LogP contribution >= 0.6 is 0 Å². The van der Waals surface area contributed by atoms with Gasteiger partial charge in [-0.25, -0.2) is 0 Å². The van der Waals surface area contributed by atoms with Crippen molar-refractivity contribution in [1.82, 2.24) is 0 Å². The van der Waals surface area contributed by atoms with Gasteiger partial charge >= 0.3 is 0 Å². The predicted molar refractivity (Wildman–Crippen MR) is 68.8 cm³/mol.